The zero-order valence-electron chi connectivity index (χ0n) is 12.0. The maximum absolute atomic E-state index is 12.8. The van der Waals surface area contributed by atoms with Gasteiger partial charge in [-0.3, -0.25) is 9.59 Å². The molecule has 0 heterocycles. The van der Waals surface area contributed by atoms with E-state index in [-0.39, 0.29) is 30.1 Å². The number of rotatable bonds is 6. The van der Waals surface area contributed by atoms with Crippen molar-refractivity contribution in [1.82, 2.24) is 0 Å². The lowest BCUT2D eigenvalue weighted by molar-refractivity contribution is -0.255. The van der Waals surface area contributed by atoms with Crippen molar-refractivity contribution in [3.8, 4) is 0 Å². The van der Waals surface area contributed by atoms with Gasteiger partial charge in [-0.15, -0.1) is 0 Å². The van der Waals surface area contributed by atoms with E-state index in [1.54, 1.807) is 0 Å². The number of carboxylic acids is 1. The molecule has 0 atom stereocenters. The molecule has 0 unspecified atom stereocenters. The Morgan fingerprint density at radius 3 is 2.00 bits per heavy atom. The molecule has 0 saturated carbocycles. The van der Waals surface area contributed by atoms with Gasteiger partial charge in [-0.2, -0.15) is 0 Å². The molecule has 1 amide bonds. The Kier molecular flexibility index (Phi) is 5.19. The Balaban J connectivity index is 1.86. The second kappa shape index (κ2) is 7.31. The second-order valence-corrected chi connectivity index (χ2v) is 4.84. The van der Waals surface area contributed by atoms with Crippen molar-refractivity contribution in [3.05, 3.63) is 65.5 Å². The van der Waals surface area contributed by atoms with Crippen LogP contribution in [-0.4, -0.2) is 17.7 Å². The molecule has 0 bridgehead atoms. The maximum atomic E-state index is 12.8. The van der Waals surface area contributed by atoms with Crippen molar-refractivity contribution >= 4 is 23.3 Å². The quantitative estimate of drug-likeness (QED) is 0.824. The molecule has 0 spiro atoms. The number of halogens is 1. The average Bonchev–Trinajstić information content (AvgIpc) is 2.54. The van der Waals surface area contributed by atoms with Crippen LogP contribution in [0.25, 0.3) is 0 Å². The first-order valence-corrected chi connectivity index (χ1v) is 6.86. The van der Waals surface area contributed by atoms with Crippen molar-refractivity contribution in [1.29, 1.82) is 0 Å². The predicted molar refractivity (Wildman–Crippen MR) is 79.4 cm³/mol. The monoisotopic (exact) mass is 314 g/mol. The van der Waals surface area contributed by atoms with Gasteiger partial charge in [-0.1, -0.05) is 12.1 Å². The first-order valence-electron chi connectivity index (χ1n) is 6.86. The molecule has 5 nitrogen and oxygen atoms in total. The van der Waals surface area contributed by atoms with E-state index in [9.17, 15) is 23.9 Å². The third-order valence-corrected chi connectivity index (χ3v) is 3.15. The smallest absolute Gasteiger partial charge is 0.224 e. The van der Waals surface area contributed by atoms with Crippen LogP contribution in [0.15, 0.2) is 48.5 Å². The van der Waals surface area contributed by atoms with Crippen molar-refractivity contribution < 1.29 is 23.9 Å². The molecule has 0 fully saturated rings. The summed E-state index contributed by atoms with van der Waals surface area (Å²) in [7, 11) is 0. The fourth-order valence-electron chi connectivity index (χ4n) is 1.92. The molecule has 2 aromatic rings. The van der Waals surface area contributed by atoms with Crippen LogP contribution in [0.1, 0.15) is 33.6 Å². The Morgan fingerprint density at radius 2 is 1.43 bits per heavy atom. The largest absolute Gasteiger partial charge is 0.545 e. The highest BCUT2D eigenvalue weighted by atomic mass is 19.1. The van der Waals surface area contributed by atoms with Crippen LogP contribution in [0.5, 0.6) is 0 Å². The number of nitrogens with one attached hydrogen (secondary N) is 1. The fraction of sp³-hybridized carbons (Fsp3) is 0.118. The SMILES string of the molecule is O=C(CCC(=O)c1ccc(F)cc1)Nc1ccc(C(=O)[O-])cc1. The van der Waals surface area contributed by atoms with E-state index in [1.165, 1.54) is 48.5 Å². The first kappa shape index (κ1) is 16.4. The first-order chi connectivity index (χ1) is 11.0. The number of aromatic carboxylic acids is 1. The van der Waals surface area contributed by atoms with E-state index in [2.05, 4.69) is 5.32 Å². The van der Waals surface area contributed by atoms with Gasteiger partial charge in [-0.25, -0.2) is 4.39 Å². The van der Waals surface area contributed by atoms with Gasteiger partial charge in [0.05, 0.1) is 5.97 Å². The highest BCUT2D eigenvalue weighted by Gasteiger charge is 2.10. The Labute approximate surface area is 131 Å². The number of carbonyl (C=O) groups excluding carboxylic acids is 3. The summed E-state index contributed by atoms with van der Waals surface area (Å²) < 4.78 is 12.8. The molecule has 2 rings (SSSR count). The molecule has 1 N–H and O–H groups in total. The molecule has 0 saturated heterocycles. The summed E-state index contributed by atoms with van der Waals surface area (Å²) in [5.74, 6) is -2.36. The van der Waals surface area contributed by atoms with Gasteiger partial charge < -0.3 is 15.2 Å². The maximum Gasteiger partial charge on any atom is 0.224 e. The van der Waals surface area contributed by atoms with Crippen LogP contribution in [-0.2, 0) is 4.79 Å². The minimum absolute atomic E-state index is 0.00536. The average molecular weight is 314 g/mol. The number of hydrogen-bond acceptors (Lipinski definition) is 4. The van der Waals surface area contributed by atoms with Crippen molar-refractivity contribution in [3.63, 3.8) is 0 Å². The molecule has 118 valence electrons. The van der Waals surface area contributed by atoms with Crippen LogP contribution < -0.4 is 10.4 Å². The minimum Gasteiger partial charge on any atom is -0.545 e. The highest BCUT2D eigenvalue weighted by Crippen LogP contribution is 2.11. The lowest BCUT2D eigenvalue weighted by atomic mass is 10.1. The summed E-state index contributed by atoms with van der Waals surface area (Å²) in [5.41, 5.74) is 0.779. The molecule has 6 heteroatoms. The Bertz CT molecular complexity index is 723. The van der Waals surface area contributed by atoms with Crippen molar-refractivity contribution in [2.75, 3.05) is 5.32 Å². The van der Waals surface area contributed by atoms with Crippen LogP contribution in [0.2, 0.25) is 0 Å². The summed E-state index contributed by atoms with van der Waals surface area (Å²) in [4.78, 5) is 34.2. The molecule has 0 aliphatic rings. The van der Waals surface area contributed by atoms with Gasteiger partial charge in [0.15, 0.2) is 5.78 Å². The predicted octanol–water partition coefficient (Wildman–Crippen LogP) is 1.79. The number of hydrogen-bond donors (Lipinski definition) is 1. The summed E-state index contributed by atoms with van der Waals surface area (Å²) >= 11 is 0. The summed E-state index contributed by atoms with van der Waals surface area (Å²) in [6.07, 6.45) is -0.0347. The van der Waals surface area contributed by atoms with Gasteiger partial charge in [0, 0.05) is 24.1 Å². The Morgan fingerprint density at radius 1 is 0.870 bits per heavy atom. The molecular formula is C17H13FNO4-. The van der Waals surface area contributed by atoms with Crippen molar-refractivity contribution in [2.45, 2.75) is 12.8 Å². The van der Waals surface area contributed by atoms with Gasteiger partial charge in [0.2, 0.25) is 5.91 Å². The number of amides is 1. The van der Waals surface area contributed by atoms with Crippen molar-refractivity contribution in [2.24, 2.45) is 0 Å². The molecule has 0 aliphatic carbocycles. The molecule has 2 aromatic carbocycles. The van der Waals surface area contributed by atoms with Crippen LogP contribution in [0, 0.1) is 5.82 Å². The zero-order chi connectivity index (χ0) is 16.8. The molecular weight excluding hydrogens is 301 g/mol. The fourth-order valence-corrected chi connectivity index (χ4v) is 1.92. The number of carbonyl (C=O) groups is 3. The number of Topliss-reactive ketones (excluding diaryl/α,β-unsaturated/α-hetero) is 1. The van der Waals surface area contributed by atoms with E-state index in [0.29, 0.717) is 11.3 Å². The standard InChI is InChI=1S/C17H14FNO4/c18-13-5-1-11(2-6-13)15(20)9-10-16(21)19-14-7-3-12(4-8-14)17(22)23/h1-8H,9-10H2,(H,19,21)(H,22,23)/p-1. The van der Waals surface area contributed by atoms with Gasteiger partial charge in [0.1, 0.15) is 5.82 Å². The second-order valence-electron chi connectivity index (χ2n) is 4.84. The zero-order valence-corrected chi connectivity index (χ0v) is 12.0. The lowest BCUT2D eigenvalue weighted by Gasteiger charge is -2.07. The van der Waals surface area contributed by atoms with E-state index in [1.807, 2.05) is 0 Å². The molecule has 0 radical (unpaired) electrons. The summed E-state index contributed by atoms with van der Waals surface area (Å²) in [5, 5.41) is 13.2. The van der Waals surface area contributed by atoms with Gasteiger partial charge in [0.25, 0.3) is 0 Å². The summed E-state index contributed by atoms with van der Waals surface area (Å²) in [6.45, 7) is 0. The van der Waals surface area contributed by atoms with Crippen LogP contribution in [0.4, 0.5) is 10.1 Å². The Hall–Kier alpha value is -3.02. The van der Waals surface area contributed by atoms with E-state index < -0.39 is 11.8 Å². The summed E-state index contributed by atoms with van der Waals surface area (Å²) in [6, 6.07) is 10.6. The number of benzene rings is 2. The highest BCUT2D eigenvalue weighted by molar-refractivity contribution is 6.00. The third-order valence-electron chi connectivity index (χ3n) is 3.15. The topological polar surface area (TPSA) is 86.3 Å². The van der Waals surface area contributed by atoms with Gasteiger partial charge in [-0.05, 0) is 42.0 Å². The normalized spacial score (nSPS) is 10.1. The molecule has 23 heavy (non-hydrogen) atoms. The lowest BCUT2D eigenvalue weighted by Crippen LogP contribution is -2.22. The van der Waals surface area contributed by atoms with Crippen LogP contribution >= 0.6 is 0 Å². The molecule has 0 aliphatic heterocycles. The number of carboxylic acid groups (broad SMARTS) is 1. The third kappa shape index (κ3) is 4.74. The number of anilines is 1. The minimum atomic E-state index is -1.30. The van der Waals surface area contributed by atoms with E-state index >= 15 is 0 Å². The van der Waals surface area contributed by atoms with Crippen LogP contribution in [0.3, 0.4) is 0 Å². The van der Waals surface area contributed by atoms with E-state index in [0.717, 1.165) is 0 Å². The molecule has 0 aromatic heterocycles. The number of ketones is 1. The van der Waals surface area contributed by atoms with Gasteiger partial charge >= 0.3 is 0 Å². The van der Waals surface area contributed by atoms with E-state index in [4.69, 9.17) is 0 Å².